The summed E-state index contributed by atoms with van der Waals surface area (Å²) in [7, 11) is 0. The third-order valence-corrected chi connectivity index (χ3v) is 3.65. The summed E-state index contributed by atoms with van der Waals surface area (Å²) in [5.74, 6) is 0.0891. The summed E-state index contributed by atoms with van der Waals surface area (Å²) in [6.07, 6.45) is 0. The molecule has 0 fully saturated rings. The molecule has 0 bridgehead atoms. The van der Waals surface area contributed by atoms with Crippen LogP contribution >= 0.6 is 11.8 Å². The van der Waals surface area contributed by atoms with Gasteiger partial charge in [0.15, 0.2) is 11.6 Å². The van der Waals surface area contributed by atoms with E-state index in [-0.39, 0.29) is 5.75 Å². The molecule has 4 heteroatoms. The van der Waals surface area contributed by atoms with E-state index in [1.165, 1.54) is 17.0 Å². The maximum Gasteiger partial charge on any atom is 0.165 e. The van der Waals surface area contributed by atoms with E-state index in [0.717, 1.165) is 17.9 Å². The van der Waals surface area contributed by atoms with Crippen molar-refractivity contribution < 1.29 is 9.50 Å². The fraction of sp³-hybridized carbons (Fsp3) is 0.200. The summed E-state index contributed by atoms with van der Waals surface area (Å²) in [5.41, 5.74) is 0.833. The minimum atomic E-state index is -0.571. The first kappa shape index (κ1) is 13.9. The van der Waals surface area contributed by atoms with Crippen LogP contribution in [0.15, 0.2) is 53.4 Å². The van der Waals surface area contributed by atoms with Gasteiger partial charge in [0.2, 0.25) is 0 Å². The van der Waals surface area contributed by atoms with Crippen molar-refractivity contribution in [2.75, 3.05) is 12.3 Å². The fourth-order valence-corrected chi connectivity index (χ4v) is 2.48. The third-order valence-electron chi connectivity index (χ3n) is 2.63. The van der Waals surface area contributed by atoms with Crippen LogP contribution < -0.4 is 5.32 Å². The standard InChI is InChI=1S/C15H16FNOS/c16-14-10-12(6-7-15(14)18)11-17-8-9-19-13-4-2-1-3-5-13/h1-7,10,17-18H,8-9,11H2. The number of phenolic OH excluding ortho intramolecular Hbond substituents is 1. The molecule has 2 N–H and O–H groups in total. The van der Waals surface area contributed by atoms with Crippen molar-refractivity contribution in [3.8, 4) is 5.75 Å². The van der Waals surface area contributed by atoms with Gasteiger partial charge in [0.25, 0.3) is 0 Å². The Kier molecular flexibility index (Phi) is 5.24. The zero-order valence-electron chi connectivity index (χ0n) is 10.5. The first-order valence-electron chi connectivity index (χ1n) is 6.11. The highest BCUT2D eigenvalue weighted by Crippen LogP contribution is 2.17. The lowest BCUT2D eigenvalue weighted by Gasteiger charge is -2.06. The van der Waals surface area contributed by atoms with Crippen LogP contribution in [0.25, 0.3) is 0 Å². The summed E-state index contributed by atoms with van der Waals surface area (Å²) < 4.78 is 13.1. The quantitative estimate of drug-likeness (QED) is 0.627. The van der Waals surface area contributed by atoms with Gasteiger partial charge in [-0.2, -0.15) is 0 Å². The van der Waals surface area contributed by atoms with Crippen LogP contribution in [-0.2, 0) is 6.54 Å². The highest BCUT2D eigenvalue weighted by molar-refractivity contribution is 7.99. The topological polar surface area (TPSA) is 32.3 Å². The van der Waals surface area contributed by atoms with E-state index in [0.29, 0.717) is 6.54 Å². The lowest BCUT2D eigenvalue weighted by Crippen LogP contribution is -2.16. The Labute approximate surface area is 116 Å². The van der Waals surface area contributed by atoms with Gasteiger partial charge in [0.1, 0.15) is 0 Å². The Morgan fingerprint density at radius 1 is 1.11 bits per heavy atom. The Hall–Kier alpha value is -1.52. The van der Waals surface area contributed by atoms with Crippen LogP contribution in [0, 0.1) is 5.82 Å². The van der Waals surface area contributed by atoms with E-state index in [4.69, 9.17) is 5.11 Å². The molecule has 0 aliphatic rings. The molecule has 2 aromatic rings. The number of thioether (sulfide) groups is 1. The van der Waals surface area contributed by atoms with E-state index in [1.54, 1.807) is 17.8 Å². The van der Waals surface area contributed by atoms with Crippen molar-refractivity contribution in [2.24, 2.45) is 0 Å². The van der Waals surface area contributed by atoms with Gasteiger partial charge in [-0.25, -0.2) is 4.39 Å². The number of hydrogen-bond donors (Lipinski definition) is 2. The Morgan fingerprint density at radius 3 is 2.63 bits per heavy atom. The average Bonchev–Trinajstić information content (AvgIpc) is 2.43. The molecule has 0 heterocycles. The van der Waals surface area contributed by atoms with E-state index in [1.807, 2.05) is 18.2 Å². The smallest absolute Gasteiger partial charge is 0.165 e. The van der Waals surface area contributed by atoms with Crippen molar-refractivity contribution >= 4 is 11.8 Å². The van der Waals surface area contributed by atoms with Crippen LogP contribution in [0.4, 0.5) is 4.39 Å². The monoisotopic (exact) mass is 277 g/mol. The third kappa shape index (κ3) is 4.58. The number of halogens is 1. The maximum absolute atomic E-state index is 13.1. The minimum absolute atomic E-state index is 0.302. The normalized spacial score (nSPS) is 10.6. The van der Waals surface area contributed by atoms with Crippen molar-refractivity contribution in [1.29, 1.82) is 0 Å². The molecule has 0 unspecified atom stereocenters. The largest absolute Gasteiger partial charge is 0.505 e. The van der Waals surface area contributed by atoms with Crippen molar-refractivity contribution in [3.63, 3.8) is 0 Å². The second-order valence-corrected chi connectivity index (χ2v) is 5.29. The molecule has 0 aliphatic carbocycles. The SMILES string of the molecule is Oc1ccc(CNCCSc2ccccc2)cc1F. The lowest BCUT2D eigenvalue weighted by atomic mass is 10.2. The molecule has 19 heavy (non-hydrogen) atoms. The van der Waals surface area contributed by atoms with Crippen LogP contribution in [0.3, 0.4) is 0 Å². The highest BCUT2D eigenvalue weighted by atomic mass is 32.2. The minimum Gasteiger partial charge on any atom is -0.505 e. The molecule has 0 atom stereocenters. The zero-order chi connectivity index (χ0) is 13.5. The lowest BCUT2D eigenvalue weighted by molar-refractivity contribution is 0.431. The van der Waals surface area contributed by atoms with Crippen LogP contribution in [-0.4, -0.2) is 17.4 Å². The molecular weight excluding hydrogens is 261 g/mol. The molecule has 2 aromatic carbocycles. The Bertz CT molecular complexity index is 519. The molecule has 0 saturated heterocycles. The van der Waals surface area contributed by atoms with E-state index in [9.17, 15) is 4.39 Å². The number of phenols is 1. The van der Waals surface area contributed by atoms with Crippen molar-refractivity contribution in [3.05, 3.63) is 59.9 Å². The van der Waals surface area contributed by atoms with Gasteiger partial charge in [0, 0.05) is 23.7 Å². The van der Waals surface area contributed by atoms with Crippen molar-refractivity contribution in [1.82, 2.24) is 5.32 Å². The van der Waals surface area contributed by atoms with Gasteiger partial charge in [0.05, 0.1) is 0 Å². The molecule has 100 valence electrons. The van der Waals surface area contributed by atoms with E-state index < -0.39 is 5.82 Å². The first-order valence-corrected chi connectivity index (χ1v) is 7.10. The maximum atomic E-state index is 13.1. The predicted octanol–water partition coefficient (Wildman–Crippen LogP) is 3.41. The number of aromatic hydroxyl groups is 1. The molecule has 0 aromatic heterocycles. The van der Waals surface area contributed by atoms with Crippen LogP contribution in [0.2, 0.25) is 0 Å². The van der Waals surface area contributed by atoms with Gasteiger partial charge in [-0.05, 0) is 29.8 Å². The van der Waals surface area contributed by atoms with Gasteiger partial charge in [-0.1, -0.05) is 24.3 Å². The zero-order valence-corrected chi connectivity index (χ0v) is 11.3. The van der Waals surface area contributed by atoms with Gasteiger partial charge in [-0.3, -0.25) is 0 Å². The van der Waals surface area contributed by atoms with Crippen molar-refractivity contribution in [2.45, 2.75) is 11.4 Å². The molecule has 0 aliphatic heterocycles. The number of nitrogens with one attached hydrogen (secondary N) is 1. The summed E-state index contributed by atoms with van der Waals surface area (Å²) in [6, 6.07) is 14.7. The number of rotatable bonds is 6. The summed E-state index contributed by atoms with van der Waals surface area (Å²) in [6.45, 7) is 1.45. The van der Waals surface area contributed by atoms with Crippen LogP contribution in [0.5, 0.6) is 5.75 Å². The average molecular weight is 277 g/mol. The molecule has 0 saturated carbocycles. The molecule has 0 radical (unpaired) electrons. The van der Waals surface area contributed by atoms with Crippen LogP contribution in [0.1, 0.15) is 5.56 Å². The molecule has 2 rings (SSSR count). The number of benzene rings is 2. The van der Waals surface area contributed by atoms with E-state index in [2.05, 4.69) is 17.4 Å². The molecule has 0 amide bonds. The first-order chi connectivity index (χ1) is 9.25. The second-order valence-electron chi connectivity index (χ2n) is 4.12. The number of hydrogen-bond acceptors (Lipinski definition) is 3. The summed E-state index contributed by atoms with van der Waals surface area (Å²) >= 11 is 1.78. The van der Waals surface area contributed by atoms with Gasteiger partial charge >= 0.3 is 0 Å². The fourth-order valence-electron chi connectivity index (χ4n) is 1.65. The second kappa shape index (κ2) is 7.16. The van der Waals surface area contributed by atoms with E-state index >= 15 is 0 Å². The predicted molar refractivity (Wildman–Crippen MR) is 76.9 cm³/mol. The highest BCUT2D eigenvalue weighted by Gasteiger charge is 2.01. The Morgan fingerprint density at radius 2 is 1.89 bits per heavy atom. The van der Waals surface area contributed by atoms with Gasteiger partial charge < -0.3 is 10.4 Å². The molecule has 2 nitrogen and oxygen atoms in total. The molecular formula is C15H16FNOS. The summed E-state index contributed by atoms with van der Waals surface area (Å²) in [4.78, 5) is 1.25. The molecule has 0 spiro atoms. The van der Waals surface area contributed by atoms with Gasteiger partial charge in [-0.15, -0.1) is 11.8 Å². The summed E-state index contributed by atoms with van der Waals surface area (Å²) in [5, 5.41) is 12.3. The Balaban J connectivity index is 1.68.